The zero-order chi connectivity index (χ0) is 7.28. The van der Waals surface area contributed by atoms with Crippen molar-refractivity contribution >= 4 is 5.97 Å². The molecule has 0 aromatic rings. The SMILES string of the molecule is CC(N)CC(=O)OCO. The molecule has 9 heavy (non-hydrogen) atoms. The van der Waals surface area contributed by atoms with Crippen molar-refractivity contribution in [1.82, 2.24) is 0 Å². The van der Waals surface area contributed by atoms with Gasteiger partial charge in [-0.2, -0.15) is 0 Å². The quantitative estimate of drug-likeness (QED) is 0.391. The number of hydrogen-bond acceptors (Lipinski definition) is 4. The Bertz CT molecular complexity index is 92.2. The van der Waals surface area contributed by atoms with Crippen LogP contribution in [0.3, 0.4) is 0 Å². The first kappa shape index (κ1) is 8.39. The first-order valence-corrected chi connectivity index (χ1v) is 2.69. The number of carbonyl (C=O) groups is 1. The molecule has 0 bridgehead atoms. The number of hydrogen-bond donors (Lipinski definition) is 2. The highest BCUT2D eigenvalue weighted by molar-refractivity contribution is 5.69. The van der Waals surface area contributed by atoms with Crippen molar-refractivity contribution in [2.75, 3.05) is 6.79 Å². The van der Waals surface area contributed by atoms with Gasteiger partial charge in [-0.1, -0.05) is 0 Å². The number of aliphatic hydroxyl groups excluding tert-OH is 1. The number of aliphatic hydroxyl groups is 1. The van der Waals surface area contributed by atoms with Gasteiger partial charge in [0, 0.05) is 6.04 Å². The number of carbonyl (C=O) groups excluding carboxylic acids is 1. The molecule has 0 saturated carbocycles. The van der Waals surface area contributed by atoms with Crippen LogP contribution in [0.5, 0.6) is 0 Å². The lowest BCUT2D eigenvalue weighted by molar-refractivity contribution is -0.152. The molecule has 0 aromatic heterocycles. The molecule has 54 valence electrons. The van der Waals surface area contributed by atoms with Gasteiger partial charge >= 0.3 is 5.97 Å². The number of ether oxygens (including phenoxy) is 1. The minimum Gasteiger partial charge on any atom is -0.439 e. The van der Waals surface area contributed by atoms with E-state index in [0.717, 1.165) is 0 Å². The summed E-state index contributed by atoms with van der Waals surface area (Å²) in [6, 6.07) is -0.205. The van der Waals surface area contributed by atoms with Crippen LogP contribution in [0.1, 0.15) is 13.3 Å². The van der Waals surface area contributed by atoms with Crippen molar-refractivity contribution in [2.24, 2.45) is 5.73 Å². The Hall–Kier alpha value is -0.610. The lowest BCUT2D eigenvalue weighted by atomic mass is 10.3. The molecule has 0 spiro atoms. The molecule has 0 amide bonds. The molecule has 0 heterocycles. The van der Waals surface area contributed by atoms with Crippen molar-refractivity contribution in [2.45, 2.75) is 19.4 Å². The van der Waals surface area contributed by atoms with E-state index in [1.165, 1.54) is 0 Å². The van der Waals surface area contributed by atoms with E-state index in [2.05, 4.69) is 4.74 Å². The van der Waals surface area contributed by atoms with Gasteiger partial charge in [-0.25, -0.2) is 0 Å². The molecule has 0 fully saturated rings. The summed E-state index contributed by atoms with van der Waals surface area (Å²) < 4.78 is 4.19. The Kier molecular flexibility index (Phi) is 4.00. The van der Waals surface area contributed by atoms with Crippen LogP contribution >= 0.6 is 0 Å². The lowest BCUT2D eigenvalue weighted by Gasteiger charge is -2.02. The maximum absolute atomic E-state index is 10.4. The molecule has 0 aliphatic rings. The normalized spacial score (nSPS) is 12.8. The van der Waals surface area contributed by atoms with Gasteiger partial charge in [-0.3, -0.25) is 4.79 Å². The van der Waals surface area contributed by atoms with Crippen LogP contribution in [0.25, 0.3) is 0 Å². The van der Waals surface area contributed by atoms with Gasteiger partial charge in [0.2, 0.25) is 0 Å². The fourth-order valence-electron chi connectivity index (χ4n) is 0.394. The molecule has 0 rings (SSSR count). The minimum atomic E-state index is -0.564. The van der Waals surface area contributed by atoms with Crippen LogP contribution in [0.2, 0.25) is 0 Å². The summed E-state index contributed by atoms with van der Waals surface area (Å²) in [6.45, 7) is 1.13. The average molecular weight is 133 g/mol. The second-order valence-corrected chi connectivity index (χ2v) is 1.83. The van der Waals surface area contributed by atoms with Crippen molar-refractivity contribution in [1.29, 1.82) is 0 Å². The first-order chi connectivity index (χ1) is 4.16. The molecule has 0 radical (unpaired) electrons. The van der Waals surface area contributed by atoms with Crippen LogP contribution < -0.4 is 5.73 Å². The highest BCUT2D eigenvalue weighted by Crippen LogP contribution is 1.88. The minimum absolute atomic E-state index is 0.153. The van der Waals surface area contributed by atoms with Gasteiger partial charge in [0.1, 0.15) is 0 Å². The highest BCUT2D eigenvalue weighted by Gasteiger charge is 2.03. The smallest absolute Gasteiger partial charge is 0.309 e. The van der Waals surface area contributed by atoms with Gasteiger partial charge in [-0.15, -0.1) is 0 Å². The summed E-state index contributed by atoms with van der Waals surface area (Å²) in [4.78, 5) is 10.4. The van der Waals surface area contributed by atoms with Crippen molar-refractivity contribution in [3.8, 4) is 0 Å². The topological polar surface area (TPSA) is 72.6 Å². The molecule has 1 unspecified atom stereocenters. The van der Waals surface area contributed by atoms with Gasteiger partial charge in [-0.05, 0) is 6.92 Å². The summed E-state index contributed by atoms with van der Waals surface area (Å²) in [6.07, 6.45) is 0.153. The fraction of sp³-hybridized carbons (Fsp3) is 0.800. The van der Waals surface area contributed by atoms with Crippen LogP contribution in [-0.2, 0) is 9.53 Å². The molecule has 3 N–H and O–H groups in total. The van der Waals surface area contributed by atoms with Crippen LogP contribution in [0, 0.1) is 0 Å². The second kappa shape index (κ2) is 4.29. The molecule has 4 nitrogen and oxygen atoms in total. The largest absolute Gasteiger partial charge is 0.439 e. The van der Waals surface area contributed by atoms with Crippen molar-refractivity contribution in [3.05, 3.63) is 0 Å². The monoisotopic (exact) mass is 133 g/mol. The predicted molar refractivity (Wildman–Crippen MR) is 31.4 cm³/mol. The molecule has 1 atom stereocenters. The Morgan fingerprint density at radius 1 is 1.89 bits per heavy atom. The van der Waals surface area contributed by atoms with E-state index in [4.69, 9.17) is 10.8 Å². The third-order valence-corrected chi connectivity index (χ3v) is 0.714. The van der Waals surface area contributed by atoms with Crippen molar-refractivity contribution in [3.63, 3.8) is 0 Å². The van der Waals surface area contributed by atoms with Crippen LogP contribution in [0.4, 0.5) is 0 Å². The number of esters is 1. The number of rotatable bonds is 3. The van der Waals surface area contributed by atoms with Crippen LogP contribution in [-0.4, -0.2) is 23.9 Å². The number of nitrogens with two attached hydrogens (primary N) is 1. The van der Waals surface area contributed by atoms with Crippen LogP contribution in [0.15, 0.2) is 0 Å². The lowest BCUT2D eigenvalue weighted by Crippen LogP contribution is -2.21. The third kappa shape index (κ3) is 5.26. The zero-order valence-electron chi connectivity index (χ0n) is 5.33. The average Bonchev–Trinajstić information content (AvgIpc) is 1.63. The molecule has 0 aliphatic carbocycles. The molecular weight excluding hydrogens is 122 g/mol. The van der Waals surface area contributed by atoms with E-state index >= 15 is 0 Å². The highest BCUT2D eigenvalue weighted by atomic mass is 16.6. The van der Waals surface area contributed by atoms with E-state index < -0.39 is 12.8 Å². The third-order valence-electron chi connectivity index (χ3n) is 0.714. The maximum atomic E-state index is 10.4. The predicted octanol–water partition coefficient (Wildman–Crippen LogP) is -0.783. The summed E-state index contributed by atoms with van der Waals surface area (Å²) in [5.74, 6) is -0.465. The summed E-state index contributed by atoms with van der Waals surface area (Å²) in [5.41, 5.74) is 5.24. The summed E-state index contributed by atoms with van der Waals surface area (Å²) >= 11 is 0. The Balaban J connectivity index is 3.27. The van der Waals surface area contributed by atoms with E-state index in [9.17, 15) is 4.79 Å². The van der Waals surface area contributed by atoms with Gasteiger partial charge < -0.3 is 15.6 Å². The van der Waals surface area contributed by atoms with Crippen molar-refractivity contribution < 1.29 is 14.6 Å². The Morgan fingerprint density at radius 3 is 2.78 bits per heavy atom. The Morgan fingerprint density at radius 2 is 2.44 bits per heavy atom. The Labute approximate surface area is 53.6 Å². The molecular formula is C5H11NO3. The maximum Gasteiger partial charge on any atom is 0.309 e. The fourth-order valence-corrected chi connectivity index (χ4v) is 0.394. The van der Waals surface area contributed by atoms with E-state index in [-0.39, 0.29) is 12.5 Å². The molecule has 0 aliphatic heterocycles. The van der Waals surface area contributed by atoms with E-state index in [1.54, 1.807) is 6.92 Å². The standard InChI is InChI=1S/C5H11NO3/c1-4(6)2-5(8)9-3-7/h4,7H,2-3,6H2,1H3. The summed E-state index contributed by atoms with van der Waals surface area (Å²) in [7, 11) is 0. The van der Waals surface area contributed by atoms with E-state index in [1.807, 2.05) is 0 Å². The van der Waals surface area contributed by atoms with Gasteiger partial charge in [0.25, 0.3) is 0 Å². The molecule has 4 heteroatoms. The van der Waals surface area contributed by atoms with Gasteiger partial charge in [0.05, 0.1) is 6.42 Å². The zero-order valence-corrected chi connectivity index (χ0v) is 5.33. The second-order valence-electron chi connectivity index (χ2n) is 1.83. The first-order valence-electron chi connectivity index (χ1n) is 2.69. The van der Waals surface area contributed by atoms with E-state index in [0.29, 0.717) is 0 Å². The molecule has 0 aromatic carbocycles. The molecule has 0 saturated heterocycles. The summed E-state index contributed by atoms with van der Waals surface area (Å²) in [5, 5.41) is 8.07. The van der Waals surface area contributed by atoms with Gasteiger partial charge in [0.15, 0.2) is 6.79 Å².